The van der Waals surface area contributed by atoms with Crippen LogP contribution in [-0.2, 0) is 32.4 Å². The number of hydrogen-bond donors (Lipinski definition) is 2. The van der Waals surface area contributed by atoms with Gasteiger partial charge in [-0.25, -0.2) is 0 Å². The van der Waals surface area contributed by atoms with Gasteiger partial charge in [0.1, 0.15) is 0 Å². The van der Waals surface area contributed by atoms with Crippen LogP contribution in [0.3, 0.4) is 0 Å². The molecule has 0 aliphatic carbocycles. The van der Waals surface area contributed by atoms with E-state index in [9.17, 15) is 14.7 Å². The summed E-state index contributed by atoms with van der Waals surface area (Å²) in [4.78, 5) is 25.6. The van der Waals surface area contributed by atoms with Crippen LogP contribution in [0.15, 0.2) is 24.3 Å². The maximum absolute atomic E-state index is 12.8. The Morgan fingerprint density at radius 2 is 1.00 bits per heavy atom. The van der Waals surface area contributed by atoms with Gasteiger partial charge in [-0.05, 0) is 43.3 Å². The van der Waals surface area contributed by atoms with Crippen molar-refractivity contribution in [3.05, 3.63) is 24.3 Å². The number of carbonyl (C=O) groups is 2. The molecule has 0 saturated carbocycles. The minimum atomic E-state index is -2.04. The summed E-state index contributed by atoms with van der Waals surface area (Å²) in [6.07, 6.45) is 15.8. The molecule has 0 aliphatic heterocycles. The summed E-state index contributed by atoms with van der Waals surface area (Å²) >= 11 is -1.75. The fraction of sp³-hybridized carbons (Fsp3) is 0.793. The minimum absolute atomic E-state index is 0.00661. The van der Waals surface area contributed by atoms with Gasteiger partial charge in [-0.2, -0.15) is 0 Å². The third kappa shape index (κ3) is 15.9. The summed E-state index contributed by atoms with van der Waals surface area (Å²) in [5.41, 5.74) is -1.61. The monoisotopic (exact) mass is 529 g/mol. The van der Waals surface area contributed by atoms with Gasteiger partial charge in [-0.1, -0.05) is 118 Å². The van der Waals surface area contributed by atoms with Crippen molar-refractivity contribution in [3.8, 4) is 0 Å². The quantitative estimate of drug-likeness (QED) is 0.0746. The second-order valence-electron chi connectivity index (χ2n) is 10.8. The zero-order valence-electron chi connectivity index (χ0n) is 23.5. The second-order valence-corrected chi connectivity index (χ2v) is 11.1. The second kappa shape index (κ2) is 21.4. The Balaban J connectivity index is 0. The molecule has 5 nitrogen and oxygen atoms in total. The van der Waals surface area contributed by atoms with Crippen molar-refractivity contribution >= 4 is 11.6 Å². The normalized spacial score (nSPS) is 12.1. The van der Waals surface area contributed by atoms with Gasteiger partial charge in [0.2, 0.25) is 0 Å². The van der Waals surface area contributed by atoms with Crippen LogP contribution in [0, 0.1) is 17.8 Å². The van der Waals surface area contributed by atoms with E-state index in [1.807, 2.05) is 13.8 Å². The van der Waals surface area contributed by atoms with Crippen LogP contribution < -0.4 is 0 Å². The summed E-state index contributed by atoms with van der Waals surface area (Å²) in [5.74, 6) is -0.710. The molecule has 0 aromatic rings. The number of ketones is 2. The van der Waals surface area contributed by atoms with Gasteiger partial charge in [0.05, 0.1) is 0 Å². The molecule has 35 heavy (non-hydrogen) atoms. The molecule has 6 heteroatoms. The third-order valence-electron chi connectivity index (χ3n) is 6.61. The molecule has 1 atom stereocenters. The number of carbonyl (C=O) groups excluding carboxylic acids is 2. The molecule has 0 heterocycles. The Bertz CT molecular complexity index is 613. The van der Waals surface area contributed by atoms with Crippen molar-refractivity contribution < 1.29 is 41.2 Å². The van der Waals surface area contributed by atoms with Gasteiger partial charge in [-0.15, -0.1) is 0 Å². The first-order valence-corrected chi connectivity index (χ1v) is 14.9. The Labute approximate surface area is 225 Å². The van der Waals surface area contributed by atoms with E-state index >= 15 is 0 Å². The molecular weight excluding hydrogens is 476 g/mol. The van der Waals surface area contributed by atoms with Crippen LogP contribution in [0.5, 0.6) is 0 Å². The van der Waals surface area contributed by atoms with E-state index in [1.165, 1.54) is 64.2 Å². The molecule has 0 spiro atoms. The van der Waals surface area contributed by atoms with E-state index < -0.39 is 42.6 Å². The number of aliphatic hydroxyl groups is 1. The number of Topliss-reactive ketones (excluding diaryl/α,β-unsaturated/α-hetero) is 2. The van der Waals surface area contributed by atoms with Crippen LogP contribution in [-0.4, -0.2) is 26.0 Å². The predicted octanol–water partition coefficient (Wildman–Crippen LogP) is 7.33. The van der Waals surface area contributed by atoms with Gasteiger partial charge in [0.15, 0.2) is 17.2 Å². The summed E-state index contributed by atoms with van der Waals surface area (Å²) in [7, 11) is 0. The van der Waals surface area contributed by atoms with Gasteiger partial charge >= 0.3 is 26.5 Å². The molecule has 203 valence electrons. The van der Waals surface area contributed by atoms with Gasteiger partial charge < -0.3 is 5.11 Å². The molecule has 0 fully saturated rings. The zero-order chi connectivity index (χ0) is 27.4. The van der Waals surface area contributed by atoms with Crippen LogP contribution in [0.4, 0.5) is 0 Å². The SMILES string of the molecule is C=C(C)C(=O)C(O)(C(=O)C(=C)C)C(CCCCCCCCCCCCCC(C)C)C(C)C.[O]=[Ti][OH]. The molecule has 1 unspecified atom stereocenters. The molecular formula is C29H53O5Ti. The molecule has 0 aromatic carbocycles. The fourth-order valence-electron chi connectivity index (χ4n) is 4.62. The summed E-state index contributed by atoms with van der Waals surface area (Å²) in [6, 6.07) is 0. The Morgan fingerprint density at radius 3 is 1.26 bits per heavy atom. The average Bonchev–Trinajstić information content (AvgIpc) is 2.77. The van der Waals surface area contributed by atoms with E-state index in [-0.39, 0.29) is 17.1 Å². The maximum atomic E-state index is 12.8. The molecule has 0 saturated heterocycles. The Morgan fingerprint density at radius 1 is 0.714 bits per heavy atom. The summed E-state index contributed by atoms with van der Waals surface area (Å²) in [6.45, 7) is 19.0. The molecule has 0 radical (unpaired) electrons. The van der Waals surface area contributed by atoms with Crippen molar-refractivity contribution in [1.82, 2.24) is 0 Å². The topological polar surface area (TPSA) is 91.7 Å². The molecule has 0 aliphatic rings. The van der Waals surface area contributed by atoms with Crippen LogP contribution in [0.2, 0.25) is 0 Å². The first kappa shape index (κ1) is 36.4. The van der Waals surface area contributed by atoms with E-state index in [2.05, 4.69) is 27.0 Å². The van der Waals surface area contributed by atoms with E-state index in [1.54, 1.807) is 13.8 Å². The van der Waals surface area contributed by atoms with Crippen molar-refractivity contribution in [2.75, 3.05) is 0 Å². The van der Waals surface area contributed by atoms with Gasteiger partial charge in [0, 0.05) is 5.92 Å². The van der Waals surface area contributed by atoms with Crippen molar-refractivity contribution in [2.24, 2.45) is 17.8 Å². The third-order valence-corrected chi connectivity index (χ3v) is 6.61. The zero-order valence-corrected chi connectivity index (χ0v) is 25.0. The van der Waals surface area contributed by atoms with E-state index in [4.69, 9.17) is 7.01 Å². The van der Waals surface area contributed by atoms with E-state index in [0.29, 0.717) is 6.42 Å². The van der Waals surface area contributed by atoms with Crippen molar-refractivity contribution in [3.63, 3.8) is 0 Å². The number of rotatable bonds is 20. The van der Waals surface area contributed by atoms with Crippen LogP contribution >= 0.6 is 0 Å². The van der Waals surface area contributed by atoms with Crippen LogP contribution in [0.1, 0.15) is 125 Å². The van der Waals surface area contributed by atoms with Gasteiger partial charge in [0.25, 0.3) is 0 Å². The molecule has 2 N–H and O–H groups in total. The summed E-state index contributed by atoms with van der Waals surface area (Å²) in [5, 5.41) is 11.3. The summed E-state index contributed by atoms with van der Waals surface area (Å²) < 4.78 is 15.8. The first-order valence-electron chi connectivity index (χ1n) is 13.5. The number of hydrogen-bond acceptors (Lipinski definition) is 4. The molecule has 0 aromatic heterocycles. The Hall–Kier alpha value is -0.746. The average molecular weight is 530 g/mol. The molecule has 0 bridgehead atoms. The molecule has 0 amide bonds. The standard InChI is InChI=1S/C29H52O3.H2O.O.Ti/c1-22(2)20-18-16-14-12-10-9-11-13-15-17-19-21-26(23(3)4)29(32,27(30)24(5)6)28(31)25(7)8;;;/h22-23,26,32H,5,7,9-21H2,1-4,6,8H3;1H2;;/q;;;+1/p-1. The number of unbranched alkanes of at least 4 members (excludes halogenated alkanes) is 10. The van der Waals surface area contributed by atoms with Crippen molar-refractivity contribution in [1.29, 1.82) is 0 Å². The van der Waals surface area contributed by atoms with E-state index in [0.717, 1.165) is 18.8 Å². The fourth-order valence-corrected chi connectivity index (χ4v) is 4.62. The Kier molecular flexibility index (Phi) is 22.2. The predicted molar refractivity (Wildman–Crippen MR) is 141 cm³/mol. The van der Waals surface area contributed by atoms with Gasteiger partial charge in [-0.3, -0.25) is 9.59 Å². The molecule has 0 rings (SSSR count). The first-order chi connectivity index (χ1) is 16.4. The van der Waals surface area contributed by atoms with Crippen molar-refractivity contribution in [2.45, 2.75) is 131 Å². The van der Waals surface area contributed by atoms with Crippen LogP contribution in [0.25, 0.3) is 0 Å².